The van der Waals surface area contributed by atoms with Gasteiger partial charge in [-0.25, -0.2) is 0 Å². The number of aliphatic hydroxyl groups is 1. The van der Waals surface area contributed by atoms with Crippen LogP contribution in [0.15, 0.2) is 24.3 Å². The Morgan fingerprint density at radius 2 is 1.70 bits per heavy atom. The Hall–Kier alpha value is -0.820. The van der Waals surface area contributed by atoms with Gasteiger partial charge < -0.3 is 5.11 Å². The highest BCUT2D eigenvalue weighted by molar-refractivity contribution is 5.24. The van der Waals surface area contributed by atoms with E-state index in [1.807, 2.05) is 0 Å². The largest absolute Gasteiger partial charge is 0.388 e. The highest BCUT2D eigenvalue weighted by atomic mass is 16.3. The predicted molar refractivity (Wildman–Crippen MR) is 83.6 cm³/mol. The zero-order valence-electron chi connectivity index (χ0n) is 12.7. The van der Waals surface area contributed by atoms with Crippen molar-refractivity contribution in [3.63, 3.8) is 0 Å². The van der Waals surface area contributed by atoms with Crippen LogP contribution in [0.25, 0.3) is 0 Å². The molecule has 0 saturated heterocycles. The summed E-state index contributed by atoms with van der Waals surface area (Å²) in [7, 11) is 0. The van der Waals surface area contributed by atoms with Gasteiger partial charge in [0.05, 0.1) is 6.10 Å². The SMILES string of the molecule is CCc1ccc(C(O)C2CCC3CCCCC3C2)cc1. The van der Waals surface area contributed by atoms with Crippen LogP contribution in [0.5, 0.6) is 0 Å². The Morgan fingerprint density at radius 1 is 1.00 bits per heavy atom. The summed E-state index contributed by atoms with van der Waals surface area (Å²) in [4.78, 5) is 0. The fourth-order valence-corrected chi connectivity index (χ4v) is 4.42. The lowest BCUT2D eigenvalue weighted by atomic mass is 9.66. The third kappa shape index (κ3) is 2.93. The van der Waals surface area contributed by atoms with Gasteiger partial charge in [0.1, 0.15) is 0 Å². The van der Waals surface area contributed by atoms with Gasteiger partial charge in [0, 0.05) is 0 Å². The molecule has 1 nitrogen and oxygen atoms in total. The molecule has 20 heavy (non-hydrogen) atoms. The van der Waals surface area contributed by atoms with Crippen molar-refractivity contribution in [1.29, 1.82) is 0 Å². The maximum Gasteiger partial charge on any atom is 0.0818 e. The first kappa shape index (κ1) is 14.1. The lowest BCUT2D eigenvalue weighted by molar-refractivity contribution is 0.0349. The van der Waals surface area contributed by atoms with Crippen LogP contribution in [0.3, 0.4) is 0 Å². The molecule has 0 amide bonds. The minimum atomic E-state index is -0.246. The fourth-order valence-electron chi connectivity index (χ4n) is 4.42. The van der Waals surface area contributed by atoms with Gasteiger partial charge in [0.15, 0.2) is 0 Å². The molecule has 2 fully saturated rings. The van der Waals surface area contributed by atoms with E-state index in [4.69, 9.17) is 0 Å². The van der Waals surface area contributed by atoms with E-state index in [0.717, 1.165) is 23.8 Å². The molecule has 4 unspecified atom stereocenters. The first-order chi connectivity index (χ1) is 9.78. The van der Waals surface area contributed by atoms with E-state index < -0.39 is 0 Å². The molecule has 1 N–H and O–H groups in total. The van der Waals surface area contributed by atoms with E-state index in [2.05, 4.69) is 31.2 Å². The fraction of sp³-hybridized carbons (Fsp3) is 0.684. The van der Waals surface area contributed by atoms with E-state index in [0.29, 0.717) is 5.92 Å². The van der Waals surface area contributed by atoms with Crippen LogP contribution in [0.4, 0.5) is 0 Å². The van der Waals surface area contributed by atoms with Crippen molar-refractivity contribution >= 4 is 0 Å². The highest BCUT2D eigenvalue weighted by Gasteiger charge is 2.35. The third-order valence-electron chi connectivity index (χ3n) is 5.76. The second-order valence-corrected chi connectivity index (χ2v) is 6.92. The Morgan fingerprint density at radius 3 is 2.40 bits per heavy atom. The number of rotatable bonds is 3. The predicted octanol–water partition coefficient (Wildman–Crippen LogP) is 4.89. The van der Waals surface area contributed by atoms with E-state index >= 15 is 0 Å². The van der Waals surface area contributed by atoms with Crippen LogP contribution in [0.1, 0.15) is 69.1 Å². The Bertz CT molecular complexity index is 422. The number of benzene rings is 1. The third-order valence-corrected chi connectivity index (χ3v) is 5.76. The molecule has 4 atom stereocenters. The minimum absolute atomic E-state index is 0.246. The molecular formula is C19H28O. The quantitative estimate of drug-likeness (QED) is 0.830. The smallest absolute Gasteiger partial charge is 0.0818 e. The van der Waals surface area contributed by atoms with Crippen LogP contribution in [-0.4, -0.2) is 5.11 Å². The normalized spacial score (nSPS) is 31.6. The van der Waals surface area contributed by atoms with Crippen LogP contribution < -0.4 is 0 Å². The van der Waals surface area contributed by atoms with E-state index in [9.17, 15) is 5.11 Å². The van der Waals surface area contributed by atoms with Crippen molar-refractivity contribution in [3.05, 3.63) is 35.4 Å². The summed E-state index contributed by atoms with van der Waals surface area (Å²) in [5.41, 5.74) is 2.48. The van der Waals surface area contributed by atoms with Gasteiger partial charge in [-0.1, -0.05) is 56.9 Å². The molecule has 1 aromatic rings. The van der Waals surface area contributed by atoms with Crippen molar-refractivity contribution in [1.82, 2.24) is 0 Å². The molecule has 2 saturated carbocycles. The molecule has 1 aromatic carbocycles. The molecule has 3 rings (SSSR count). The van der Waals surface area contributed by atoms with Gasteiger partial charge in [-0.15, -0.1) is 0 Å². The second kappa shape index (κ2) is 6.30. The summed E-state index contributed by atoms with van der Waals surface area (Å²) in [6, 6.07) is 8.61. The van der Waals surface area contributed by atoms with Crippen LogP contribution >= 0.6 is 0 Å². The summed E-state index contributed by atoms with van der Waals surface area (Å²) < 4.78 is 0. The number of hydrogen-bond donors (Lipinski definition) is 1. The van der Waals surface area contributed by atoms with Crippen molar-refractivity contribution < 1.29 is 5.11 Å². The lowest BCUT2D eigenvalue weighted by Crippen LogP contribution is -2.30. The molecule has 1 heteroatoms. The molecule has 0 spiro atoms. The lowest BCUT2D eigenvalue weighted by Gasteiger charge is -2.40. The number of hydrogen-bond acceptors (Lipinski definition) is 1. The molecule has 2 aliphatic carbocycles. The topological polar surface area (TPSA) is 20.2 Å². The standard InChI is InChI=1S/C19H28O/c1-2-14-7-9-16(10-8-14)19(20)18-12-11-15-5-3-4-6-17(15)13-18/h7-10,15,17-20H,2-6,11-13H2,1H3. The van der Waals surface area contributed by atoms with Crippen molar-refractivity contribution in [2.24, 2.45) is 17.8 Å². The second-order valence-electron chi connectivity index (χ2n) is 6.92. The molecule has 110 valence electrons. The number of aryl methyl sites for hydroxylation is 1. The molecular weight excluding hydrogens is 244 g/mol. The van der Waals surface area contributed by atoms with Gasteiger partial charge in [0.25, 0.3) is 0 Å². The zero-order valence-corrected chi connectivity index (χ0v) is 12.7. The molecule has 0 aliphatic heterocycles. The number of fused-ring (bicyclic) bond motifs is 1. The van der Waals surface area contributed by atoms with Gasteiger partial charge in [-0.2, -0.15) is 0 Å². The molecule has 0 radical (unpaired) electrons. The summed E-state index contributed by atoms with van der Waals surface area (Å²) in [6.45, 7) is 2.18. The van der Waals surface area contributed by atoms with Crippen LogP contribution in [-0.2, 0) is 6.42 Å². The Balaban J connectivity index is 1.65. The van der Waals surface area contributed by atoms with Crippen molar-refractivity contribution in [3.8, 4) is 0 Å². The summed E-state index contributed by atoms with van der Waals surface area (Å²) in [6.07, 6.45) is 10.3. The van der Waals surface area contributed by atoms with Gasteiger partial charge in [-0.3, -0.25) is 0 Å². The zero-order chi connectivity index (χ0) is 13.9. The van der Waals surface area contributed by atoms with Gasteiger partial charge >= 0.3 is 0 Å². The minimum Gasteiger partial charge on any atom is -0.388 e. The maximum atomic E-state index is 10.7. The summed E-state index contributed by atoms with van der Waals surface area (Å²) in [5, 5.41) is 10.7. The van der Waals surface area contributed by atoms with E-state index in [1.54, 1.807) is 0 Å². The van der Waals surface area contributed by atoms with Crippen LogP contribution in [0, 0.1) is 17.8 Å². The average molecular weight is 272 g/mol. The summed E-state index contributed by atoms with van der Waals surface area (Å²) >= 11 is 0. The maximum absolute atomic E-state index is 10.7. The van der Waals surface area contributed by atoms with Gasteiger partial charge in [-0.05, 0) is 54.6 Å². The van der Waals surface area contributed by atoms with Crippen LogP contribution in [0.2, 0.25) is 0 Å². The van der Waals surface area contributed by atoms with Crippen molar-refractivity contribution in [2.45, 2.75) is 64.4 Å². The van der Waals surface area contributed by atoms with E-state index in [-0.39, 0.29) is 6.10 Å². The van der Waals surface area contributed by atoms with Gasteiger partial charge in [0.2, 0.25) is 0 Å². The molecule has 0 aromatic heterocycles. The Labute approximate surface area is 123 Å². The van der Waals surface area contributed by atoms with Crippen molar-refractivity contribution in [2.75, 3.05) is 0 Å². The molecule has 0 heterocycles. The average Bonchev–Trinajstić information content (AvgIpc) is 2.54. The Kier molecular flexibility index (Phi) is 4.45. The van der Waals surface area contributed by atoms with E-state index in [1.165, 1.54) is 50.5 Å². The first-order valence-electron chi connectivity index (χ1n) is 8.55. The summed E-state index contributed by atoms with van der Waals surface area (Å²) in [5.74, 6) is 2.35. The monoisotopic (exact) mass is 272 g/mol. The molecule has 2 aliphatic rings. The molecule has 0 bridgehead atoms. The first-order valence-corrected chi connectivity index (χ1v) is 8.55. The highest BCUT2D eigenvalue weighted by Crippen LogP contribution is 2.46. The number of aliphatic hydroxyl groups excluding tert-OH is 1.